The van der Waals surface area contributed by atoms with Gasteiger partial charge in [-0.1, -0.05) is 23.7 Å². The zero-order valence-corrected chi connectivity index (χ0v) is 13.9. The molecule has 0 atom stereocenters. The van der Waals surface area contributed by atoms with Gasteiger partial charge in [-0.05, 0) is 24.1 Å². The second kappa shape index (κ2) is 7.40. The largest absolute Gasteiger partial charge is 0.486 e. The van der Waals surface area contributed by atoms with Gasteiger partial charge in [-0.25, -0.2) is 0 Å². The van der Waals surface area contributed by atoms with Crippen molar-refractivity contribution in [1.82, 2.24) is 5.32 Å². The SMILES string of the molecule is O=C(NCCc1ccc(Cl)cc1)c1cc2c(cc1[N+](=O)[O-])OCCO2. The van der Waals surface area contributed by atoms with Crippen LogP contribution in [-0.4, -0.2) is 30.6 Å². The molecule has 0 aromatic heterocycles. The number of hydrogen-bond acceptors (Lipinski definition) is 5. The molecule has 0 unspecified atom stereocenters. The smallest absolute Gasteiger partial charge is 0.286 e. The molecule has 3 rings (SSSR count). The van der Waals surface area contributed by atoms with Crippen molar-refractivity contribution in [3.63, 3.8) is 0 Å². The highest BCUT2D eigenvalue weighted by molar-refractivity contribution is 6.30. The van der Waals surface area contributed by atoms with Crippen molar-refractivity contribution in [2.75, 3.05) is 19.8 Å². The number of ether oxygens (including phenoxy) is 2. The molecule has 0 radical (unpaired) electrons. The van der Waals surface area contributed by atoms with Crippen LogP contribution in [0.5, 0.6) is 11.5 Å². The quantitative estimate of drug-likeness (QED) is 0.652. The fourth-order valence-electron chi connectivity index (χ4n) is 2.48. The summed E-state index contributed by atoms with van der Waals surface area (Å²) in [6.07, 6.45) is 0.585. The first kappa shape index (κ1) is 17.0. The number of nitrogens with one attached hydrogen (secondary N) is 1. The topological polar surface area (TPSA) is 90.7 Å². The molecule has 1 heterocycles. The van der Waals surface area contributed by atoms with Crippen LogP contribution in [0, 0.1) is 10.1 Å². The Morgan fingerprint density at radius 3 is 2.44 bits per heavy atom. The third-order valence-electron chi connectivity index (χ3n) is 3.71. The Hall–Kier alpha value is -2.80. The van der Waals surface area contributed by atoms with Crippen LogP contribution in [0.25, 0.3) is 0 Å². The maximum atomic E-state index is 12.4. The summed E-state index contributed by atoms with van der Waals surface area (Å²) >= 11 is 5.83. The molecule has 0 fully saturated rings. The highest BCUT2D eigenvalue weighted by Crippen LogP contribution is 2.36. The molecule has 0 saturated carbocycles. The van der Waals surface area contributed by atoms with Crippen molar-refractivity contribution in [2.24, 2.45) is 0 Å². The highest BCUT2D eigenvalue weighted by Gasteiger charge is 2.26. The lowest BCUT2D eigenvalue weighted by atomic mass is 10.1. The standard InChI is InChI=1S/C17H15ClN2O5/c18-12-3-1-11(2-4-12)5-6-19-17(21)13-9-15-16(25-8-7-24-15)10-14(13)20(22)23/h1-4,9-10H,5-8H2,(H,19,21). The highest BCUT2D eigenvalue weighted by atomic mass is 35.5. The van der Waals surface area contributed by atoms with E-state index >= 15 is 0 Å². The van der Waals surface area contributed by atoms with Crippen LogP contribution in [-0.2, 0) is 6.42 Å². The number of amides is 1. The molecule has 25 heavy (non-hydrogen) atoms. The third kappa shape index (κ3) is 4.00. The van der Waals surface area contributed by atoms with Gasteiger partial charge in [0.25, 0.3) is 11.6 Å². The van der Waals surface area contributed by atoms with Gasteiger partial charge in [0.1, 0.15) is 18.8 Å². The summed E-state index contributed by atoms with van der Waals surface area (Å²) in [5.74, 6) is 0.0769. The van der Waals surface area contributed by atoms with E-state index in [2.05, 4.69) is 5.32 Å². The second-order valence-corrected chi connectivity index (χ2v) is 5.84. The summed E-state index contributed by atoms with van der Waals surface area (Å²) in [7, 11) is 0. The normalized spacial score (nSPS) is 12.5. The van der Waals surface area contributed by atoms with Gasteiger partial charge >= 0.3 is 0 Å². The molecular formula is C17H15ClN2O5. The van der Waals surface area contributed by atoms with E-state index in [4.69, 9.17) is 21.1 Å². The zero-order chi connectivity index (χ0) is 17.8. The van der Waals surface area contributed by atoms with Crippen LogP contribution in [0.15, 0.2) is 36.4 Å². The maximum Gasteiger partial charge on any atom is 0.286 e. The minimum Gasteiger partial charge on any atom is -0.486 e. The maximum absolute atomic E-state index is 12.4. The molecule has 1 aliphatic rings. The van der Waals surface area contributed by atoms with Gasteiger partial charge in [0.15, 0.2) is 11.5 Å². The van der Waals surface area contributed by atoms with Crippen LogP contribution >= 0.6 is 11.6 Å². The Labute approximate surface area is 148 Å². The Balaban J connectivity index is 1.72. The molecule has 0 bridgehead atoms. The molecule has 130 valence electrons. The number of rotatable bonds is 5. The van der Waals surface area contributed by atoms with Crippen LogP contribution in [0.1, 0.15) is 15.9 Å². The number of carbonyl (C=O) groups is 1. The van der Waals surface area contributed by atoms with Crippen LogP contribution in [0.4, 0.5) is 5.69 Å². The molecule has 1 aliphatic heterocycles. The molecule has 8 heteroatoms. The van der Waals surface area contributed by atoms with Gasteiger partial charge in [-0.2, -0.15) is 0 Å². The molecule has 7 nitrogen and oxygen atoms in total. The zero-order valence-electron chi connectivity index (χ0n) is 13.2. The third-order valence-corrected chi connectivity index (χ3v) is 3.97. The molecule has 2 aromatic carbocycles. The fraction of sp³-hybridized carbons (Fsp3) is 0.235. The first-order chi connectivity index (χ1) is 12.0. The number of nitro benzene ring substituents is 1. The van der Waals surface area contributed by atoms with E-state index in [0.717, 1.165) is 5.56 Å². The lowest BCUT2D eigenvalue weighted by molar-refractivity contribution is -0.385. The Morgan fingerprint density at radius 1 is 1.16 bits per heavy atom. The number of halogens is 1. The molecule has 0 spiro atoms. The molecule has 2 aromatic rings. The molecular weight excluding hydrogens is 348 g/mol. The van der Waals surface area contributed by atoms with E-state index in [1.807, 2.05) is 12.1 Å². The number of hydrogen-bond donors (Lipinski definition) is 1. The predicted molar refractivity (Wildman–Crippen MR) is 91.6 cm³/mol. The summed E-state index contributed by atoms with van der Waals surface area (Å²) in [5.41, 5.74) is 0.639. The summed E-state index contributed by atoms with van der Waals surface area (Å²) < 4.78 is 10.7. The first-order valence-corrected chi connectivity index (χ1v) is 8.03. The van der Waals surface area contributed by atoms with Gasteiger partial charge in [-0.3, -0.25) is 14.9 Å². The number of fused-ring (bicyclic) bond motifs is 1. The summed E-state index contributed by atoms with van der Waals surface area (Å²) in [6.45, 7) is 0.991. The predicted octanol–water partition coefficient (Wildman–Crippen LogP) is 2.99. The van der Waals surface area contributed by atoms with Crippen LogP contribution < -0.4 is 14.8 Å². The van der Waals surface area contributed by atoms with Crippen molar-refractivity contribution in [3.05, 3.63) is 62.7 Å². The van der Waals surface area contributed by atoms with Crippen molar-refractivity contribution in [1.29, 1.82) is 0 Å². The summed E-state index contributed by atoms with van der Waals surface area (Å²) in [4.78, 5) is 23.0. The van der Waals surface area contributed by atoms with Crippen LogP contribution in [0.3, 0.4) is 0 Å². The molecule has 0 saturated heterocycles. The number of carbonyl (C=O) groups excluding carboxylic acids is 1. The van der Waals surface area contributed by atoms with Crippen molar-refractivity contribution < 1.29 is 19.2 Å². The molecule has 0 aliphatic carbocycles. The lowest BCUT2D eigenvalue weighted by Gasteiger charge is -2.18. The first-order valence-electron chi connectivity index (χ1n) is 7.65. The van der Waals surface area contributed by atoms with Crippen LogP contribution in [0.2, 0.25) is 5.02 Å². The van der Waals surface area contributed by atoms with E-state index < -0.39 is 10.8 Å². The Morgan fingerprint density at radius 2 is 1.80 bits per heavy atom. The van der Waals surface area contributed by atoms with Gasteiger partial charge in [0, 0.05) is 17.6 Å². The average molecular weight is 363 g/mol. The van der Waals surface area contributed by atoms with Crippen molar-refractivity contribution in [3.8, 4) is 11.5 Å². The number of benzene rings is 2. The molecule has 1 amide bonds. The average Bonchev–Trinajstić information content (AvgIpc) is 2.62. The van der Waals surface area contributed by atoms with E-state index in [1.54, 1.807) is 12.1 Å². The Kier molecular flexibility index (Phi) is 5.04. The van der Waals surface area contributed by atoms with Gasteiger partial charge in [0.2, 0.25) is 0 Å². The molecule has 1 N–H and O–H groups in total. The summed E-state index contributed by atoms with van der Waals surface area (Å²) in [6, 6.07) is 9.84. The number of nitro groups is 1. The van der Waals surface area contributed by atoms with Gasteiger partial charge in [-0.15, -0.1) is 0 Å². The Bertz CT molecular complexity index is 807. The van der Waals surface area contributed by atoms with Crippen molar-refractivity contribution in [2.45, 2.75) is 6.42 Å². The minimum atomic E-state index is -0.605. The lowest BCUT2D eigenvalue weighted by Crippen LogP contribution is -2.27. The van der Waals surface area contributed by atoms with E-state index in [-0.39, 0.29) is 17.0 Å². The van der Waals surface area contributed by atoms with E-state index in [1.165, 1.54) is 12.1 Å². The summed E-state index contributed by atoms with van der Waals surface area (Å²) in [5, 5.41) is 14.6. The number of nitrogens with zero attached hydrogens (tertiary/aromatic N) is 1. The monoisotopic (exact) mass is 362 g/mol. The fourth-order valence-corrected chi connectivity index (χ4v) is 2.60. The van der Waals surface area contributed by atoms with E-state index in [0.29, 0.717) is 37.0 Å². The van der Waals surface area contributed by atoms with E-state index in [9.17, 15) is 14.9 Å². The minimum absolute atomic E-state index is 0.0506. The van der Waals surface area contributed by atoms with Gasteiger partial charge in [0.05, 0.1) is 11.0 Å². The van der Waals surface area contributed by atoms with Crippen molar-refractivity contribution >= 4 is 23.2 Å². The van der Waals surface area contributed by atoms with Gasteiger partial charge < -0.3 is 14.8 Å². The second-order valence-electron chi connectivity index (χ2n) is 5.40.